The number of alkyl halides is 1. The van der Waals surface area contributed by atoms with Crippen molar-refractivity contribution in [1.29, 1.82) is 0 Å². The maximum Gasteiger partial charge on any atom is 0.224 e. The van der Waals surface area contributed by atoms with E-state index in [0.717, 1.165) is 23.2 Å². The number of ether oxygens (including phenoxy) is 1. The minimum absolute atomic E-state index is 0.0918. The van der Waals surface area contributed by atoms with E-state index in [-0.39, 0.29) is 11.3 Å². The Morgan fingerprint density at radius 1 is 1.33 bits per heavy atom. The van der Waals surface area contributed by atoms with Crippen LogP contribution in [0.2, 0.25) is 0 Å². The molecule has 1 saturated carbocycles. The van der Waals surface area contributed by atoms with Gasteiger partial charge in [0, 0.05) is 11.9 Å². The van der Waals surface area contributed by atoms with Gasteiger partial charge in [-0.25, -0.2) is 0 Å². The first kappa shape index (κ1) is 16.3. The largest absolute Gasteiger partial charge is 0.497 e. The van der Waals surface area contributed by atoms with E-state index >= 15 is 0 Å². The van der Waals surface area contributed by atoms with E-state index in [1.165, 1.54) is 32.1 Å². The molecule has 0 heterocycles. The van der Waals surface area contributed by atoms with Gasteiger partial charge in [0.25, 0.3) is 0 Å². The first-order valence-electron chi connectivity index (χ1n) is 7.63. The van der Waals surface area contributed by atoms with Crippen LogP contribution in [0.4, 0.5) is 0 Å². The number of amides is 1. The highest BCUT2D eigenvalue weighted by atomic mass is 79.9. The van der Waals surface area contributed by atoms with E-state index in [1.54, 1.807) is 7.11 Å². The third-order valence-corrected chi connectivity index (χ3v) is 5.55. The summed E-state index contributed by atoms with van der Waals surface area (Å²) in [5, 5.41) is 4.09. The minimum Gasteiger partial charge on any atom is -0.497 e. The first-order chi connectivity index (χ1) is 10.2. The minimum atomic E-state index is 0.0918. The van der Waals surface area contributed by atoms with Crippen LogP contribution in [0, 0.1) is 5.41 Å². The van der Waals surface area contributed by atoms with Gasteiger partial charge in [-0.3, -0.25) is 4.79 Å². The van der Waals surface area contributed by atoms with E-state index in [4.69, 9.17) is 4.74 Å². The third kappa shape index (κ3) is 4.73. The molecule has 3 nitrogen and oxygen atoms in total. The molecule has 21 heavy (non-hydrogen) atoms. The maximum atomic E-state index is 12.1. The Balaban J connectivity index is 1.86. The van der Waals surface area contributed by atoms with Crippen molar-refractivity contribution in [2.75, 3.05) is 19.0 Å². The Kier molecular flexibility index (Phi) is 6.09. The monoisotopic (exact) mass is 353 g/mol. The highest BCUT2D eigenvalue weighted by Crippen LogP contribution is 2.37. The van der Waals surface area contributed by atoms with Crippen molar-refractivity contribution in [3.05, 3.63) is 29.8 Å². The fourth-order valence-electron chi connectivity index (χ4n) is 2.98. The molecular weight excluding hydrogens is 330 g/mol. The Morgan fingerprint density at radius 2 is 2.10 bits per heavy atom. The van der Waals surface area contributed by atoms with Crippen LogP contribution < -0.4 is 10.1 Å². The van der Waals surface area contributed by atoms with Gasteiger partial charge in [0.1, 0.15) is 5.75 Å². The highest BCUT2D eigenvalue weighted by molar-refractivity contribution is 9.09. The molecule has 1 N–H and O–H groups in total. The van der Waals surface area contributed by atoms with Crippen LogP contribution in [0.5, 0.6) is 5.75 Å². The Morgan fingerprint density at radius 3 is 2.76 bits per heavy atom. The van der Waals surface area contributed by atoms with Gasteiger partial charge in [-0.2, -0.15) is 0 Å². The van der Waals surface area contributed by atoms with Crippen LogP contribution in [0.1, 0.15) is 37.7 Å². The molecule has 0 aromatic heterocycles. The zero-order valence-corrected chi connectivity index (χ0v) is 14.2. The van der Waals surface area contributed by atoms with Gasteiger partial charge in [0.15, 0.2) is 0 Å². The molecule has 0 unspecified atom stereocenters. The molecule has 0 spiro atoms. The van der Waals surface area contributed by atoms with Crippen molar-refractivity contribution in [1.82, 2.24) is 5.32 Å². The van der Waals surface area contributed by atoms with Gasteiger partial charge in [0.2, 0.25) is 5.91 Å². The van der Waals surface area contributed by atoms with Gasteiger partial charge in [-0.15, -0.1) is 0 Å². The number of hydrogen-bond acceptors (Lipinski definition) is 2. The second-order valence-corrected chi connectivity index (χ2v) is 6.56. The van der Waals surface area contributed by atoms with Crippen LogP contribution in [0.15, 0.2) is 24.3 Å². The predicted octanol–water partition coefficient (Wildman–Crippen LogP) is 3.70. The molecule has 4 heteroatoms. The summed E-state index contributed by atoms with van der Waals surface area (Å²) >= 11 is 3.64. The molecular formula is C17H24BrNO2. The second-order valence-electron chi connectivity index (χ2n) is 6.00. The van der Waals surface area contributed by atoms with E-state index < -0.39 is 0 Å². The van der Waals surface area contributed by atoms with E-state index in [0.29, 0.717) is 6.42 Å². The third-order valence-electron chi connectivity index (χ3n) is 4.36. The van der Waals surface area contributed by atoms with Crippen LogP contribution >= 0.6 is 15.9 Å². The molecule has 1 fully saturated rings. The van der Waals surface area contributed by atoms with Crippen molar-refractivity contribution < 1.29 is 9.53 Å². The molecule has 1 aliphatic rings. The van der Waals surface area contributed by atoms with Crippen LogP contribution in [0.3, 0.4) is 0 Å². The number of carbonyl (C=O) groups is 1. The number of hydrogen-bond donors (Lipinski definition) is 1. The van der Waals surface area contributed by atoms with Crippen molar-refractivity contribution in [2.45, 2.75) is 38.5 Å². The number of rotatable bonds is 6. The number of halogens is 1. The normalized spacial score (nSPS) is 17.2. The second kappa shape index (κ2) is 7.83. The molecule has 0 aliphatic heterocycles. The smallest absolute Gasteiger partial charge is 0.224 e. The van der Waals surface area contributed by atoms with Gasteiger partial charge in [-0.05, 0) is 36.0 Å². The summed E-state index contributed by atoms with van der Waals surface area (Å²) in [4.78, 5) is 12.1. The van der Waals surface area contributed by atoms with Gasteiger partial charge < -0.3 is 10.1 Å². The van der Waals surface area contributed by atoms with Crippen LogP contribution in [-0.4, -0.2) is 24.9 Å². The Bertz CT molecular complexity index is 470. The molecule has 0 saturated heterocycles. The highest BCUT2D eigenvalue weighted by Gasteiger charge is 2.31. The van der Waals surface area contributed by atoms with E-state index in [1.807, 2.05) is 24.3 Å². The molecule has 1 aliphatic carbocycles. The summed E-state index contributed by atoms with van der Waals surface area (Å²) in [6.45, 7) is 0.779. The summed E-state index contributed by atoms with van der Waals surface area (Å²) in [5.41, 5.74) is 1.24. The Labute approximate surface area is 135 Å². The quantitative estimate of drug-likeness (QED) is 0.791. The zero-order valence-electron chi connectivity index (χ0n) is 12.7. The van der Waals surface area contributed by atoms with Crippen molar-refractivity contribution in [3.63, 3.8) is 0 Å². The number of benzene rings is 1. The molecule has 0 bridgehead atoms. The van der Waals surface area contributed by atoms with Gasteiger partial charge in [-0.1, -0.05) is 47.3 Å². The Hall–Kier alpha value is -1.03. The lowest BCUT2D eigenvalue weighted by atomic mass is 9.75. The fraction of sp³-hybridized carbons (Fsp3) is 0.588. The number of carbonyl (C=O) groups excluding carboxylic acids is 1. The zero-order chi connectivity index (χ0) is 15.1. The standard InChI is InChI=1S/C17H24BrNO2/c1-21-15-7-5-6-14(10-15)11-16(20)19-13-17(12-18)8-3-2-4-9-17/h5-7,10H,2-4,8-9,11-13H2,1H3,(H,19,20). The average molecular weight is 354 g/mol. The van der Waals surface area contributed by atoms with Gasteiger partial charge in [0.05, 0.1) is 13.5 Å². The maximum absolute atomic E-state index is 12.1. The summed E-state index contributed by atoms with van der Waals surface area (Å²) in [6.07, 6.45) is 6.70. The van der Waals surface area contributed by atoms with Crippen molar-refractivity contribution in [2.24, 2.45) is 5.41 Å². The van der Waals surface area contributed by atoms with Gasteiger partial charge >= 0.3 is 0 Å². The van der Waals surface area contributed by atoms with Crippen LogP contribution in [0.25, 0.3) is 0 Å². The number of nitrogens with one attached hydrogen (secondary N) is 1. The lowest BCUT2D eigenvalue weighted by Crippen LogP contribution is -2.40. The summed E-state index contributed by atoms with van der Waals surface area (Å²) in [6, 6.07) is 7.69. The molecule has 1 aromatic rings. The summed E-state index contributed by atoms with van der Waals surface area (Å²) in [7, 11) is 1.64. The van der Waals surface area contributed by atoms with E-state index in [2.05, 4.69) is 21.2 Å². The van der Waals surface area contributed by atoms with Crippen molar-refractivity contribution in [3.8, 4) is 5.75 Å². The topological polar surface area (TPSA) is 38.3 Å². The lowest BCUT2D eigenvalue weighted by Gasteiger charge is -2.35. The molecule has 116 valence electrons. The molecule has 2 rings (SSSR count). The predicted molar refractivity (Wildman–Crippen MR) is 89.0 cm³/mol. The number of methoxy groups -OCH3 is 1. The first-order valence-corrected chi connectivity index (χ1v) is 8.75. The lowest BCUT2D eigenvalue weighted by molar-refractivity contribution is -0.121. The molecule has 1 aromatic carbocycles. The SMILES string of the molecule is COc1cccc(CC(=O)NCC2(CBr)CCCCC2)c1. The summed E-state index contributed by atoms with van der Waals surface area (Å²) in [5.74, 6) is 0.888. The fourth-order valence-corrected chi connectivity index (χ4v) is 3.73. The molecule has 1 amide bonds. The molecule has 0 radical (unpaired) electrons. The summed E-state index contributed by atoms with van der Waals surface area (Å²) < 4.78 is 5.19. The average Bonchev–Trinajstić information content (AvgIpc) is 2.54. The van der Waals surface area contributed by atoms with Crippen LogP contribution in [-0.2, 0) is 11.2 Å². The van der Waals surface area contributed by atoms with Crippen molar-refractivity contribution >= 4 is 21.8 Å². The van der Waals surface area contributed by atoms with E-state index in [9.17, 15) is 4.79 Å². The molecule has 0 atom stereocenters.